The lowest BCUT2D eigenvalue weighted by atomic mass is 9.98. The molecule has 1 aromatic carbocycles. The van der Waals surface area contributed by atoms with E-state index in [1.165, 1.54) is 0 Å². The molecule has 2 unspecified atom stereocenters. The summed E-state index contributed by atoms with van der Waals surface area (Å²) >= 11 is 0. The molecule has 0 aliphatic carbocycles. The van der Waals surface area contributed by atoms with Gasteiger partial charge in [0, 0.05) is 6.61 Å². The Hall–Kier alpha value is -1.14. The zero-order valence-corrected chi connectivity index (χ0v) is 11.4. The first-order valence-corrected chi connectivity index (χ1v) is 6.47. The van der Waals surface area contributed by atoms with Gasteiger partial charge in [-0.1, -0.05) is 19.4 Å². The fourth-order valence-electron chi connectivity index (χ4n) is 1.99. The molecule has 0 bridgehead atoms. The summed E-state index contributed by atoms with van der Waals surface area (Å²) in [4.78, 5) is 0. The first-order valence-electron chi connectivity index (χ1n) is 6.47. The highest BCUT2D eigenvalue weighted by Gasteiger charge is 2.35. The van der Waals surface area contributed by atoms with Gasteiger partial charge in [-0.3, -0.25) is 0 Å². The summed E-state index contributed by atoms with van der Waals surface area (Å²) in [5.74, 6) is -1.35. The first kappa shape index (κ1) is 16.9. The quantitative estimate of drug-likeness (QED) is 0.801. The van der Waals surface area contributed by atoms with Crippen LogP contribution < -0.4 is 0 Å². The van der Waals surface area contributed by atoms with Crippen LogP contribution in [0.4, 0.5) is 17.6 Å². The zero-order valence-electron chi connectivity index (χ0n) is 11.4. The van der Waals surface area contributed by atoms with Gasteiger partial charge in [-0.25, -0.2) is 4.39 Å². The Labute approximate surface area is 115 Å². The highest BCUT2D eigenvalue weighted by molar-refractivity contribution is 5.29. The van der Waals surface area contributed by atoms with Gasteiger partial charge in [-0.15, -0.1) is 0 Å². The molecule has 20 heavy (non-hydrogen) atoms. The van der Waals surface area contributed by atoms with Crippen molar-refractivity contribution in [3.05, 3.63) is 35.1 Å². The van der Waals surface area contributed by atoms with E-state index in [1.54, 1.807) is 6.92 Å². The van der Waals surface area contributed by atoms with Crippen LogP contribution in [0.2, 0.25) is 0 Å². The fraction of sp³-hybridized carbons (Fsp3) is 0.571. The molecule has 0 heterocycles. The summed E-state index contributed by atoms with van der Waals surface area (Å²) in [7, 11) is 0. The predicted molar refractivity (Wildman–Crippen MR) is 66.7 cm³/mol. The Bertz CT molecular complexity index is 426. The van der Waals surface area contributed by atoms with Crippen molar-refractivity contribution in [3.8, 4) is 0 Å². The van der Waals surface area contributed by atoms with Crippen LogP contribution in [0.15, 0.2) is 18.2 Å². The minimum Gasteiger partial charge on any atom is -0.386 e. The van der Waals surface area contributed by atoms with E-state index in [2.05, 4.69) is 0 Å². The van der Waals surface area contributed by atoms with Crippen molar-refractivity contribution in [2.75, 3.05) is 6.61 Å². The van der Waals surface area contributed by atoms with E-state index >= 15 is 0 Å². The van der Waals surface area contributed by atoms with E-state index in [9.17, 15) is 22.7 Å². The summed E-state index contributed by atoms with van der Waals surface area (Å²) in [5.41, 5.74) is -1.37. The second-order valence-corrected chi connectivity index (χ2v) is 4.46. The van der Waals surface area contributed by atoms with Crippen molar-refractivity contribution in [3.63, 3.8) is 0 Å². The lowest BCUT2D eigenvalue weighted by molar-refractivity contribution is -0.140. The second kappa shape index (κ2) is 7.04. The maximum Gasteiger partial charge on any atom is 0.419 e. The molecule has 0 aliphatic rings. The Balaban J connectivity index is 3.06. The maximum absolute atomic E-state index is 13.2. The molecule has 2 nitrogen and oxygen atoms in total. The molecule has 1 aromatic rings. The Kier molecular flexibility index (Phi) is 5.95. The van der Waals surface area contributed by atoms with Gasteiger partial charge in [0.15, 0.2) is 0 Å². The lowest BCUT2D eigenvalue weighted by Crippen LogP contribution is -2.23. The number of hydrogen-bond acceptors (Lipinski definition) is 2. The highest BCUT2D eigenvalue weighted by atomic mass is 19.4. The molecular weight excluding hydrogens is 276 g/mol. The summed E-state index contributed by atoms with van der Waals surface area (Å²) in [6.45, 7) is 3.96. The van der Waals surface area contributed by atoms with Gasteiger partial charge in [0.25, 0.3) is 0 Å². The molecule has 6 heteroatoms. The van der Waals surface area contributed by atoms with Gasteiger partial charge < -0.3 is 9.84 Å². The molecule has 0 amide bonds. The number of hydrogen-bond donors (Lipinski definition) is 1. The average Bonchev–Trinajstić information content (AvgIpc) is 2.37. The predicted octanol–water partition coefficient (Wildman–Crippen LogP) is 4.08. The Morgan fingerprint density at radius 1 is 1.25 bits per heavy atom. The molecular formula is C14H18F4O2. The van der Waals surface area contributed by atoms with Gasteiger partial charge in [-0.05, 0) is 31.0 Å². The fourth-order valence-corrected chi connectivity index (χ4v) is 1.99. The summed E-state index contributed by atoms with van der Waals surface area (Å²) in [5, 5.41) is 10.1. The Morgan fingerprint density at radius 2 is 1.90 bits per heavy atom. The third-order valence-corrected chi connectivity index (χ3v) is 2.94. The standard InChI is InChI=1S/C14H18F4O2/c1-3-5-12(20-4-2)13(19)9-6-7-11(15)10(8-9)14(16,17)18/h6-8,12-13,19H,3-5H2,1-2H3. The van der Waals surface area contributed by atoms with Crippen molar-refractivity contribution in [2.24, 2.45) is 0 Å². The smallest absolute Gasteiger partial charge is 0.386 e. The summed E-state index contributed by atoms with van der Waals surface area (Å²) in [6, 6.07) is 2.51. The van der Waals surface area contributed by atoms with E-state index < -0.39 is 29.8 Å². The maximum atomic E-state index is 13.2. The van der Waals surface area contributed by atoms with Crippen molar-refractivity contribution in [2.45, 2.75) is 45.1 Å². The monoisotopic (exact) mass is 294 g/mol. The van der Waals surface area contributed by atoms with Crippen LogP contribution in [0, 0.1) is 5.82 Å². The van der Waals surface area contributed by atoms with Gasteiger partial charge >= 0.3 is 6.18 Å². The molecule has 0 saturated carbocycles. The third kappa shape index (κ3) is 4.18. The molecule has 0 saturated heterocycles. The third-order valence-electron chi connectivity index (χ3n) is 2.94. The van der Waals surface area contributed by atoms with Gasteiger partial charge in [-0.2, -0.15) is 13.2 Å². The lowest BCUT2D eigenvalue weighted by Gasteiger charge is -2.23. The van der Waals surface area contributed by atoms with Crippen LogP contribution in [0.3, 0.4) is 0 Å². The van der Waals surface area contributed by atoms with Crippen LogP contribution in [0.5, 0.6) is 0 Å². The molecule has 0 aromatic heterocycles. The van der Waals surface area contributed by atoms with Crippen LogP contribution in [0.1, 0.15) is 43.9 Å². The van der Waals surface area contributed by atoms with Crippen LogP contribution in [-0.4, -0.2) is 17.8 Å². The largest absolute Gasteiger partial charge is 0.419 e. The van der Waals surface area contributed by atoms with Gasteiger partial charge in [0.05, 0.1) is 11.7 Å². The van der Waals surface area contributed by atoms with Crippen molar-refractivity contribution < 1.29 is 27.4 Å². The topological polar surface area (TPSA) is 29.5 Å². The van der Waals surface area contributed by atoms with Gasteiger partial charge in [0.1, 0.15) is 11.9 Å². The number of alkyl halides is 3. The normalized spacial score (nSPS) is 15.2. The summed E-state index contributed by atoms with van der Waals surface area (Å²) < 4.78 is 56.4. The van der Waals surface area contributed by atoms with Crippen molar-refractivity contribution in [1.29, 1.82) is 0 Å². The van der Waals surface area contributed by atoms with Crippen LogP contribution in [-0.2, 0) is 10.9 Å². The number of benzene rings is 1. The van der Waals surface area contributed by atoms with Crippen LogP contribution in [0.25, 0.3) is 0 Å². The minimum atomic E-state index is -4.79. The van der Waals surface area contributed by atoms with Crippen molar-refractivity contribution in [1.82, 2.24) is 0 Å². The minimum absolute atomic E-state index is 0.00521. The first-order chi connectivity index (χ1) is 9.31. The van der Waals surface area contributed by atoms with Crippen molar-refractivity contribution >= 4 is 0 Å². The SMILES string of the molecule is CCCC(OCC)C(O)c1ccc(F)c(C(F)(F)F)c1. The zero-order chi connectivity index (χ0) is 15.3. The number of ether oxygens (including phenoxy) is 1. The molecule has 0 fully saturated rings. The number of aliphatic hydroxyl groups is 1. The number of rotatable bonds is 6. The molecule has 1 rings (SSSR count). The molecule has 0 radical (unpaired) electrons. The summed E-state index contributed by atoms with van der Waals surface area (Å²) in [6.07, 6.45) is -5.37. The van der Waals surface area contributed by atoms with E-state index in [4.69, 9.17) is 4.74 Å². The van der Waals surface area contributed by atoms with E-state index in [0.29, 0.717) is 19.1 Å². The van der Waals surface area contributed by atoms with Gasteiger partial charge in [0.2, 0.25) is 0 Å². The second-order valence-electron chi connectivity index (χ2n) is 4.46. The molecule has 2 atom stereocenters. The highest BCUT2D eigenvalue weighted by Crippen LogP contribution is 2.34. The number of halogens is 4. The molecule has 0 spiro atoms. The Morgan fingerprint density at radius 3 is 2.40 bits per heavy atom. The van der Waals surface area contributed by atoms with E-state index in [-0.39, 0.29) is 5.56 Å². The molecule has 1 N–H and O–H groups in total. The van der Waals surface area contributed by atoms with E-state index in [0.717, 1.165) is 18.6 Å². The molecule has 0 aliphatic heterocycles. The average molecular weight is 294 g/mol. The molecule has 114 valence electrons. The van der Waals surface area contributed by atoms with E-state index in [1.807, 2.05) is 6.92 Å². The number of aliphatic hydroxyl groups excluding tert-OH is 1. The van der Waals surface area contributed by atoms with Crippen LogP contribution >= 0.6 is 0 Å².